The van der Waals surface area contributed by atoms with Crippen molar-refractivity contribution in [2.24, 2.45) is 11.7 Å². The Morgan fingerprint density at radius 1 is 1.56 bits per heavy atom. The molecule has 1 atom stereocenters. The molecule has 2 rings (SSSR count). The third kappa shape index (κ3) is 2.86. The van der Waals surface area contributed by atoms with Crippen molar-refractivity contribution in [3.8, 4) is 0 Å². The molecule has 1 aromatic rings. The van der Waals surface area contributed by atoms with Crippen molar-refractivity contribution in [3.05, 3.63) is 28.2 Å². The van der Waals surface area contributed by atoms with E-state index in [1.54, 1.807) is 0 Å². The first-order valence-corrected chi connectivity index (χ1v) is 7.30. The summed E-state index contributed by atoms with van der Waals surface area (Å²) in [6, 6.07) is 6.03. The summed E-state index contributed by atoms with van der Waals surface area (Å²) in [4.78, 5) is 2.38. The van der Waals surface area contributed by atoms with E-state index in [1.165, 1.54) is 19.3 Å². The predicted octanol–water partition coefficient (Wildman–Crippen LogP) is 3.36. The molecule has 1 aliphatic heterocycles. The maximum absolute atomic E-state index is 7.72. The average Bonchev–Trinajstić information content (AvgIpc) is 2.38. The van der Waals surface area contributed by atoms with Gasteiger partial charge in [0.15, 0.2) is 0 Å². The lowest BCUT2D eigenvalue weighted by Crippen LogP contribution is -2.36. The molecule has 0 radical (unpaired) electrons. The van der Waals surface area contributed by atoms with Gasteiger partial charge in [-0.15, -0.1) is 0 Å². The second-order valence-corrected chi connectivity index (χ2v) is 5.85. The Morgan fingerprint density at radius 3 is 3.00 bits per heavy atom. The van der Waals surface area contributed by atoms with Crippen LogP contribution in [0.3, 0.4) is 0 Å². The highest BCUT2D eigenvalue weighted by molar-refractivity contribution is 9.10. The molecule has 98 valence electrons. The summed E-state index contributed by atoms with van der Waals surface area (Å²) in [6.45, 7) is 4.40. The number of nitrogens with one attached hydrogen (secondary N) is 1. The van der Waals surface area contributed by atoms with Crippen LogP contribution in [0.5, 0.6) is 0 Å². The summed E-state index contributed by atoms with van der Waals surface area (Å²) in [5, 5.41) is 7.72. The van der Waals surface area contributed by atoms with Gasteiger partial charge in [0.25, 0.3) is 0 Å². The SMILES string of the molecule is CCC1CCCN(c2ccc(Br)cc2C(=N)N)C1. The van der Waals surface area contributed by atoms with E-state index >= 15 is 0 Å². The first-order chi connectivity index (χ1) is 8.61. The van der Waals surface area contributed by atoms with Gasteiger partial charge < -0.3 is 10.6 Å². The number of hydrogen-bond donors (Lipinski definition) is 2. The van der Waals surface area contributed by atoms with Crippen LogP contribution >= 0.6 is 15.9 Å². The number of amidine groups is 1. The topological polar surface area (TPSA) is 53.1 Å². The Kier molecular flexibility index (Phi) is 4.27. The quantitative estimate of drug-likeness (QED) is 0.664. The van der Waals surface area contributed by atoms with Gasteiger partial charge in [-0.05, 0) is 37.0 Å². The second-order valence-electron chi connectivity index (χ2n) is 4.94. The molecule has 18 heavy (non-hydrogen) atoms. The van der Waals surface area contributed by atoms with Gasteiger partial charge in [0.2, 0.25) is 0 Å². The fourth-order valence-electron chi connectivity index (χ4n) is 2.62. The summed E-state index contributed by atoms with van der Waals surface area (Å²) in [7, 11) is 0. The maximum Gasteiger partial charge on any atom is 0.124 e. The molecule has 1 unspecified atom stereocenters. The number of halogens is 1. The van der Waals surface area contributed by atoms with E-state index in [9.17, 15) is 0 Å². The van der Waals surface area contributed by atoms with E-state index in [-0.39, 0.29) is 5.84 Å². The standard InChI is InChI=1S/C14H20BrN3/c1-2-10-4-3-7-18(9-10)13-6-5-11(15)8-12(13)14(16)17/h5-6,8,10H,2-4,7,9H2,1H3,(H3,16,17). The van der Waals surface area contributed by atoms with Crippen molar-refractivity contribution in [2.45, 2.75) is 26.2 Å². The van der Waals surface area contributed by atoms with Gasteiger partial charge in [-0.25, -0.2) is 0 Å². The molecule has 0 aliphatic carbocycles. The molecular weight excluding hydrogens is 290 g/mol. The number of rotatable bonds is 3. The lowest BCUT2D eigenvalue weighted by Gasteiger charge is -2.35. The molecule has 1 aromatic carbocycles. The molecule has 1 saturated heterocycles. The molecular formula is C14H20BrN3. The van der Waals surface area contributed by atoms with Crippen molar-refractivity contribution in [1.29, 1.82) is 5.41 Å². The zero-order chi connectivity index (χ0) is 13.1. The lowest BCUT2D eigenvalue weighted by atomic mass is 9.94. The zero-order valence-electron chi connectivity index (χ0n) is 10.7. The zero-order valence-corrected chi connectivity index (χ0v) is 12.3. The summed E-state index contributed by atoms with van der Waals surface area (Å²) in [6.07, 6.45) is 3.77. The molecule has 1 heterocycles. The highest BCUT2D eigenvalue weighted by atomic mass is 79.9. The average molecular weight is 310 g/mol. The maximum atomic E-state index is 7.72. The Morgan fingerprint density at radius 2 is 2.33 bits per heavy atom. The molecule has 3 nitrogen and oxygen atoms in total. The minimum atomic E-state index is 0.143. The molecule has 0 bridgehead atoms. The first kappa shape index (κ1) is 13.4. The van der Waals surface area contributed by atoms with Crippen molar-refractivity contribution in [2.75, 3.05) is 18.0 Å². The fraction of sp³-hybridized carbons (Fsp3) is 0.500. The van der Waals surface area contributed by atoms with Gasteiger partial charge in [-0.3, -0.25) is 5.41 Å². The molecule has 0 spiro atoms. The van der Waals surface area contributed by atoms with Gasteiger partial charge in [0, 0.05) is 28.8 Å². The summed E-state index contributed by atoms with van der Waals surface area (Å²) in [5.74, 6) is 0.909. The number of hydrogen-bond acceptors (Lipinski definition) is 2. The van der Waals surface area contributed by atoms with Gasteiger partial charge in [0.1, 0.15) is 5.84 Å². The number of nitrogens with zero attached hydrogens (tertiary/aromatic N) is 1. The predicted molar refractivity (Wildman–Crippen MR) is 80.4 cm³/mol. The lowest BCUT2D eigenvalue weighted by molar-refractivity contribution is 0.404. The monoisotopic (exact) mass is 309 g/mol. The minimum absolute atomic E-state index is 0.143. The van der Waals surface area contributed by atoms with Crippen LogP contribution in [0.1, 0.15) is 31.7 Å². The normalized spacial score (nSPS) is 19.9. The van der Waals surface area contributed by atoms with Crippen molar-refractivity contribution in [3.63, 3.8) is 0 Å². The molecule has 1 aliphatic rings. The van der Waals surface area contributed by atoms with Gasteiger partial charge >= 0.3 is 0 Å². The Hall–Kier alpha value is -1.03. The van der Waals surface area contributed by atoms with Crippen molar-refractivity contribution >= 4 is 27.5 Å². The van der Waals surface area contributed by atoms with Crippen LogP contribution < -0.4 is 10.6 Å². The second kappa shape index (κ2) is 5.74. The highest BCUT2D eigenvalue weighted by Gasteiger charge is 2.21. The van der Waals surface area contributed by atoms with Crippen molar-refractivity contribution in [1.82, 2.24) is 0 Å². The molecule has 0 saturated carbocycles. The van der Waals surface area contributed by atoms with Crippen molar-refractivity contribution < 1.29 is 0 Å². The van der Waals surface area contributed by atoms with Gasteiger partial charge in [0.05, 0.1) is 0 Å². The van der Waals surface area contributed by atoms with E-state index in [4.69, 9.17) is 11.1 Å². The van der Waals surface area contributed by atoms with E-state index < -0.39 is 0 Å². The minimum Gasteiger partial charge on any atom is -0.384 e. The Bertz CT molecular complexity index is 445. The Labute approximate surface area is 117 Å². The molecule has 0 aromatic heterocycles. The summed E-state index contributed by atoms with van der Waals surface area (Å²) >= 11 is 3.44. The van der Waals surface area contributed by atoms with Crippen LogP contribution in [-0.2, 0) is 0 Å². The van der Waals surface area contributed by atoms with Crippen LogP contribution in [0.2, 0.25) is 0 Å². The van der Waals surface area contributed by atoms with Crippen LogP contribution in [0.25, 0.3) is 0 Å². The summed E-state index contributed by atoms with van der Waals surface area (Å²) < 4.78 is 0.973. The van der Waals surface area contributed by atoms with E-state index in [0.717, 1.165) is 34.7 Å². The fourth-order valence-corrected chi connectivity index (χ4v) is 2.98. The number of nitrogens with two attached hydrogens (primary N) is 1. The number of benzene rings is 1. The van der Waals surface area contributed by atoms with E-state index in [0.29, 0.717) is 0 Å². The molecule has 3 N–H and O–H groups in total. The highest BCUT2D eigenvalue weighted by Crippen LogP contribution is 2.29. The largest absolute Gasteiger partial charge is 0.384 e. The van der Waals surface area contributed by atoms with Crippen LogP contribution in [0.15, 0.2) is 22.7 Å². The molecule has 1 fully saturated rings. The third-order valence-corrected chi connectivity index (χ3v) is 4.18. The first-order valence-electron chi connectivity index (χ1n) is 6.50. The van der Waals surface area contributed by atoms with Gasteiger partial charge in [-0.2, -0.15) is 0 Å². The van der Waals surface area contributed by atoms with E-state index in [2.05, 4.69) is 33.8 Å². The summed E-state index contributed by atoms with van der Waals surface area (Å²) in [5.41, 5.74) is 7.63. The van der Waals surface area contributed by atoms with Crippen LogP contribution in [-0.4, -0.2) is 18.9 Å². The van der Waals surface area contributed by atoms with E-state index in [1.807, 2.05) is 12.1 Å². The smallest absolute Gasteiger partial charge is 0.124 e. The molecule has 4 heteroatoms. The molecule has 0 amide bonds. The van der Waals surface area contributed by atoms with Crippen LogP contribution in [0, 0.1) is 11.3 Å². The number of anilines is 1. The van der Waals surface area contributed by atoms with Crippen LogP contribution in [0.4, 0.5) is 5.69 Å². The number of nitrogen functional groups attached to an aromatic ring is 1. The number of piperidine rings is 1. The third-order valence-electron chi connectivity index (χ3n) is 3.69. The van der Waals surface area contributed by atoms with Gasteiger partial charge in [-0.1, -0.05) is 29.3 Å². The Balaban J connectivity index is 2.29.